The lowest BCUT2D eigenvalue weighted by molar-refractivity contribution is 0.315. The molecular formula is C12H18FNO. The van der Waals surface area contributed by atoms with Gasteiger partial charge in [-0.25, -0.2) is 4.39 Å². The van der Waals surface area contributed by atoms with Crippen molar-refractivity contribution in [3.05, 3.63) is 29.6 Å². The van der Waals surface area contributed by atoms with E-state index < -0.39 is 0 Å². The summed E-state index contributed by atoms with van der Waals surface area (Å²) in [5, 5.41) is 3.15. The summed E-state index contributed by atoms with van der Waals surface area (Å²) in [6, 6.07) is 4.83. The molecule has 0 saturated carbocycles. The molecule has 0 fully saturated rings. The van der Waals surface area contributed by atoms with Gasteiger partial charge in [0.2, 0.25) is 0 Å². The van der Waals surface area contributed by atoms with E-state index in [4.69, 9.17) is 4.74 Å². The average molecular weight is 211 g/mol. The number of ether oxygens (including phenoxy) is 1. The first kappa shape index (κ1) is 12.0. The fourth-order valence-electron chi connectivity index (χ4n) is 1.30. The first-order valence-electron chi connectivity index (χ1n) is 5.39. The van der Waals surface area contributed by atoms with E-state index in [1.807, 2.05) is 19.9 Å². The van der Waals surface area contributed by atoms with Gasteiger partial charge in [0.25, 0.3) is 0 Å². The molecule has 0 amide bonds. The summed E-state index contributed by atoms with van der Waals surface area (Å²) in [6.07, 6.45) is 0.930. The molecule has 0 aliphatic carbocycles. The molecule has 0 heterocycles. The summed E-state index contributed by atoms with van der Waals surface area (Å²) in [7, 11) is 0. The molecule has 0 saturated heterocycles. The van der Waals surface area contributed by atoms with Crippen LogP contribution >= 0.6 is 0 Å². The third kappa shape index (κ3) is 4.30. The van der Waals surface area contributed by atoms with Crippen LogP contribution < -0.4 is 10.1 Å². The molecule has 15 heavy (non-hydrogen) atoms. The fourth-order valence-corrected chi connectivity index (χ4v) is 1.30. The highest BCUT2D eigenvalue weighted by Gasteiger charge is 2.01. The van der Waals surface area contributed by atoms with Gasteiger partial charge < -0.3 is 10.1 Å². The number of halogens is 1. The minimum absolute atomic E-state index is 0.239. The summed E-state index contributed by atoms with van der Waals surface area (Å²) in [5.74, 6) is 0.376. The second-order valence-corrected chi connectivity index (χ2v) is 3.42. The van der Waals surface area contributed by atoms with E-state index in [2.05, 4.69) is 5.32 Å². The third-order valence-corrected chi connectivity index (χ3v) is 1.98. The smallest absolute Gasteiger partial charge is 0.127 e. The lowest BCUT2D eigenvalue weighted by Crippen LogP contribution is -2.12. The topological polar surface area (TPSA) is 21.3 Å². The predicted molar refractivity (Wildman–Crippen MR) is 59.6 cm³/mol. The monoisotopic (exact) mass is 211 g/mol. The Morgan fingerprint density at radius 1 is 1.27 bits per heavy atom. The molecular weight excluding hydrogens is 193 g/mol. The standard InChI is InChI=1S/C12H18FNO/c1-3-5-15-12-7-10(9-14-4-2)6-11(13)8-12/h6-8,14H,3-5,9H2,1-2H3. The Morgan fingerprint density at radius 2 is 2.07 bits per heavy atom. The summed E-state index contributed by atoms with van der Waals surface area (Å²) >= 11 is 0. The summed E-state index contributed by atoms with van der Waals surface area (Å²) in [4.78, 5) is 0. The normalized spacial score (nSPS) is 10.3. The second kappa shape index (κ2) is 6.40. The first-order valence-corrected chi connectivity index (χ1v) is 5.39. The molecule has 3 heteroatoms. The minimum Gasteiger partial charge on any atom is -0.493 e. The van der Waals surface area contributed by atoms with Crippen LogP contribution in [0.1, 0.15) is 25.8 Å². The maximum absolute atomic E-state index is 13.2. The van der Waals surface area contributed by atoms with Crippen molar-refractivity contribution in [2.75, 3.05) is 13.2 Å². The molecule has 0 bridgehead atoms. The maximum Gasteiger partial charge on any atom is 0.127 e. The van der Waals surface area contributed by atoms with Crippen LogP contribution in [0.15, 0.2) is 18.2 Å². The van der Waals surface area contributed by atoms with E-state index >= 15 is 0 Å². The third-order valence-electron chi connectivity index (χ3n) is 1.98. The van der Waals surface area contributed by atoms with Crippen LogP contribution in [0, 0.1) is 5.82 Å². The van der Waals surface area contributed by atoms with Crippen LogP contribution in [-0.2, 0) is 6.54 Å². The van der Waals surface area contributed by atoms with Crippen LogP contribution in [0.4, 0.5) is 4.39 Å². The Labute approximate surface area is 90.4 Å². The SMILES string of the molecule is CCCOc1cc(F)cc(CNCC)c1. The Balaban J connectivity index is 2.66. The van der Waals surface area contributed by atoms with Crippen molar-refractivity contribution in [3.63, 3.8) is 0 Å². The molecule has 84 valence electrons. The lowest BCUT2D eigenvalue weighted by atomic mass is 10.2. The van der Waals surface area contributed by atoms with Crippen LogP contribution in [0.3, 0.4) is 0 Å². The molecule has 0 spiro atoms. The van der Waals surface area contributed by atoms with Gasteiger partial charge in [-0.1, -0.05) is 13.8 Å². The van der Waals surface area contributed by atoms with Crippen LogP contribution in [0.25, 0.3) is 0 Å². The minimum atomic E-state index is -0.239. The van der Waals surface area contributed by atoms with Gasteiger partial charge in [-0.15, -0.1) is 0 Å². The van der Waals surface area contributed by atoms with Crippen LogP contribution in [0.2, 0.25) is 0 Å². The van der Waals surface area contributed by atoms with E-state index in [-0.39, 0.29) is 5.82 Å². The average Bonchev–Trinajstić information content (AvgIpc) is 2.23. The second-order valence-electron chi connectivity index (χ2n) is 3.42. The van der Waals surface area contributed by atoms with Crippen molar-refractivity contribution in [1.29, 1.82) is 0 Å². The summed E-state index contributed by atoms with van der Waals surface area (Å²) < 4.78 is 18.6. The molecule has 1 aromatic carbocycles. The number of hydrogen-bond donors (Lipinski definition) is 1. The lowest BCUT2D eigenvalue weighted by Gasteiger charge is -2.08. The highest BCUT2D eigenvalue weighted by Crippen LogP contribution is 2.16. The van der Waals surface area contributed by atoms with Crippen molar-refractivity contribution in [3.8, 4) is 5.75 Å². The van der Waals surface area contributed by atoms with E-state index in [9.17, 15) is 4.39 Å². The van der Waals surface area contributed by atoms with Crippen LogP contribution in [-0.4, -0.2) is 13.2 Å². The van der Waals surface area contributed by atoms with E-state index in [0.717, 1.165) is 18.5 Å². The van der Waals surface area contributed by atoms with Crippen molar-refractivity contribution in [1.82, 2.24) is 5.32 Å². The number of benzene rings is 1. The highest BCUT2D eigenvalue weighted by atomic mass is 19.1. The van der Waals surface area contributed by atoms with Gasteiger partial charge in [-0.3, -0.25) is 0 Å². The van der Waals surface area contributed by atoms with Gasteiger partial charge in [0.05, 0.1) is 6.61 Å². The molecule has 0 radical (unpaired) electrons. The maximum atomic E-state index is 13.2. The van der Waals surface area contributed by atoms with Crippen molar-refractivity contribution in [2.24, 2.45) is 0 Å². The number of rotatable bonds is 6. The molecule has 1 N–H and O–H groups in total. The Hall–Kier alpha value is -1.09. The van der Waals surface area contributed by atoms with Crippen molar-refractivity contribution >= 4 is 0 Å². The van der Waals surface area contributed by atoms with E-state index in [0.29, 0.717) is 18.9 Å². The van der Waals surface area contributed by atoms with E-state index in [1.54, 1.807) is 0 Å². The fraction of sp³-hybridized carbons (Fsp3) is 0.500. The van der Waals surface area contributed by atoms with Gasteiger partial charge in [-0.05, 0) is 30.7 Å². The Morgan fingerprint density at radius 3 is 2.73 bits per heavy atom. The van der Waals surface area contributed by atoms with Gasteiger partial charge in [0, 0.05) is 12.6 Å². The number of hydrogen-bond acceptors (Lipinski definition) is 2. The highest BCUT2D eigenvalue weighted by molar-refractivity contribution is 5.29. The zero-order chi connectivity index (χ0) is 11.1. The zero-order valence-corrected chi connectivity index (χ0v) is 9.35. The van der Waals surface area contributed by atoms with Gasteiger partial charge in [-0.2, -0.15) is 0 Å². The van der Waals surface area contributed by atoms with E-state index in [1.165, 1.54) is 12.1 Å². The molecule has 0 atom stereocenters. The molecule has 0 unspecified atom stereocenters. The van der Waals surface area contributed by atoms with Gasteiger partial charge in [0.15, 0.2) is 0 Å². The molecule has 0 aliphatic heterocycles. The van der Waals surface area contributed by atoms with Crippen LogP contribution in [0.5, 0.6) is 5.75 Å². The van der Waals surface area contributed by atoms with Gasteiger partial charge in [0.1, 0.15) is 11.6 Å². The predicted octanol–water partition coefficient (Wildman–Crippen LogP) is 2.72. The first-order chi connectivity index (χ1) is 7.26. The molecule has 0 aromatic heterocycles. The Kier molecular flexibility index (Phi) is 5.12. The van der Waals surface area contributed by atoms with Gasteiger partial charge >= 0.3 is 0 Å². The van der Waals surface area contributed by atoms with Crippen molar-refractivity contribution < 1.29 is 9.13 Å². The molecule has 1 aromatic rings. The summed E-state index contributed by atoms with van der Waals surface area (Å²) in [6.45, 7) is 6.23. The quantitative estimate of drug-likeness (QED) is 0.781. The molecule has 1 rings (SSSR count). The molecule has 0 aliphatic rings. The zero-order valence-electron chi connectivity index (χ0n) is 9.35. The number of nitrogens with one attached hydrogen (secondary N) is 1. The molecule has 2 nitrogen and oxygen atoms in total. The Bertz CT molecular complexity index is 275. The summed E-state index contributed by atoms with van der Waals surface area (Å²) in [5.41, 5.74) is 0.919. The van der Waals surface area contributed by atoms with Crippen molar-refractivity contribution in [2.45, 2.75) is 26.8 Å². The largest absolute Gasteiger partial charge is 0.493 e.